The van der Waals surface area contributed by atoms with Crippen LogP contribution in [0.5, 0.6) is 5.75 Å². The highest BCUT2D eigenvalue weighted by atomic mass is 35.5. The van der Waals surface area contributed by atoms with Crippen LogP contribution in [0.2, 0.25) is 0 Å². The van der Waals surface area contributed by atoms with Gasteiger partial charge in [-0.3, -0.25) is 4.79 Å². The Hall–Kier alpha value is -1.35. The van der Waals surface area contributed by atoms with Gasteiger partial charge in [0.25, 0.3) is 5.91 Å². The second kappa shape index (κ2) is 11.6. The maximum atomic E-state index is 12.8. The molecule has 1 aromatic carbocycles. The first-order valence-electron chi connectivity index (χ1n) is 9.62. The largest absolute Gasteiger partial charge is 0.495 e. The minimum atomic E-state index is -3.77. The van der Waals surface area contributed by atoms with Gasteiger partial charge in [0.05, 0.1) is 7.11 Å². The van der Waals surface area contributed by atoms with Crippen LogP contribution < -0.4 is 20.5 Å². The fourth-order valence-electron chi connectivity index (χ4n) is 3.32. The standard InChI is InChI=1S/C19H31N3O4S.ClH/c1-3-4-7-16(13-20)21-19(23)14-10-11-17(26-2)18(12-14)27(24,25)22-15-8-5-6-9-15;/h10-12,15-16,22H,3-9,13,20H2,1-2H3,(H,21,23);1H. The summed E-state index contributed by atoms with van der Waals surface area (Å²) in [5, 5.41) is 2.89. The van der Waals surface area contributed by atoms with Gasteiger partial charge < -0.3 is 15.8 Å². The van der Waals surface area contributed by atoms with E-state index in [1.807, 2.05) is 0 Å². The van der Waals surface area contributed by atoms with Crippen LogP contribution in [0, 0.1) is 0 Å². The number of amides is 1. The summed E-state index contributed by atoms with van der Waals surface area (Å²) in [5.41, 5.74) is 6.01. The third-order valence-electron chi connectivity index (χ3n) is 4.92. The number of rotatable bonds is 10. The van der Waals surface area contributed by atoms with Crippen LogP contribution in [0.25, 0.3) is 0 Å². The Morgan fingerprint density at radius 2 is 2.00 bits per heavy atom. The molecule has 0 aromatic heterocycles. The van der Waals surface area contributed by atoms with Crippen molar-refractivity contribution in [3.05, 3.63) is 23.8 Å². The Morgan fingerprint density at radius 1 is 1.32 bits per heavy atom. The maximum absolute atomic E-state index is 12.8. The second-order valence-electron chi connectivity index (χ2n) is 7.02. The molecule has 28 heavy (non-hydrogen) atoms. The Kier molecular flexibility index (Phi) is 10.2. The first-order valence-corrected chi connectivity index (χ1v) is 11.1. The molecule has 7 nitrogen and oxygen atoms in total. The number of hydrogen-bond acceptors (Lipinski definition) is 5. The number of sulfonamides is 1. The quantitative estimate of drug-likeness (QED) is 0.525. The van der Waals surface area contributed by atoms with Crippen molar-refractivity contribution in [1.82, 2.24) is 10.0 Å². The molecule has 160 valence electrons. The summed E-state index contributed by atoms with van der Waals surface area (Å²) in [4.78, 5) is 12.6. The second-order valence-corrected chi connectivity index (χ2v) is 8.70. The minimum absolute atomic E-state index is 0. The van der Waals surface area contributed by atoms with E-state index in [-0.39, 0.29) is 46.6 Å². The normalized spacial score (nSPS) is 15.7. The number of nitrogens with two attached hydrogens (primary N) is 1. The Balaban J connectivity index is 0.00000392. The highest BCUT2D eigenvalue weighted by Gasteiger charge is 2.27. The molecule has 2 rings (SSSR count). The SMILES string of the molecule is CCCCC(CN)NC(=O)c1ccc(OC)c(S(=O)(=O)NC2CCCC2)c1.Cl. The highest BCUT2D eigenvalue weighted by Crippen LogP contribution is 2.27. The lowest BCUT2D eigenvalue weighted by molar-refractivity contribution is 0.0935. The van der Waals surface area contributed by atoms with Gasteiger partial charge >= 0.3 is 0 Å². The van der Waals surface area contributed by atoms with E-state index >= 15 is 0 Å². The average molecular weight is 434 g/mol. The van der Waals surface area contributed by atoms with Crippen LogP contribution in [0.4, 0.5) is 0 Å². The van der Waals surface area contributed by atoms with Gasteiger partial charge in [-0.05, 0) is 37.5 Å². The maximum Gasteiger partial charge on any atom is 0.251 e. The number of hydrogen-bond donors (Lipinski definition) is 3. The van der Waals surface area contributed by atoms with Crippen LogP contribution in [0.15, 0.2) is 23.1 Å². The number of nitrogens with one attached hydrogen (secondary N) is 2. The third kappa shape index (κ3) is 6.62. The molecule has 0 bridgehead atoms. The first-order chi connectivity index (χ1) is 12.9. The molecule has 1 saturated carbocycles. The van der Waals surface area contributed by atoms with Crippen LogP contribution in [0.3, 0.4) is 0 Å². The molecule has 0 heterocycles. The van der Waals surface area contributed by atoms with Gasteiger partial charge in [-0.1, -0.05) is 32.6 Å². The van der Waals surface area contributed by atoms with Gasteiger partial charge in [-0.15, -0.1) is 12.4 Å². The van der Waals surface area contributed by atoms with Gasteiger partial charge in [-0.2, -0.15) is 0 Å². The van der Waals surface area contributed by atoms with E-state index in [1.165, 1.54) is 19.2 Å². The molecule has 9 heteroatoms. The predicted octanol–water partition coefficient (Wildman–Crippen LogP) is 2.59. The van der Waals surface area contributed by atoms with Crippen LogP contribution >= 0.6 is 12.4 Å². The Morgan fingerprint density at radius 3 is 2.57 bits per heavy atom. The molecule has 1 aliphatic rings. The van der Waals surface area contributed by atoms with Crippen LogP contribution in [-0.4, -0.2) is 40.1 Å². The van der Waals surface area contributed by atoms with Crippen molar-refractivity contribution >= 4 is 28.3 Å². The topological polar surface area (TPSA) is 111 Å². The predicted molar refractivity (Wildman–Crippen MR) is 113 cm³/mol. The van der Waals surface area contributed by atoms with Gasteiger partial charge in [0.15, 0.2) is 0 Å². The van der Waals surface area contributed by atoms with Gasteiger partial charge in [-0.25, -0.2) is 13.1 Å². The van der Waals surface area contributed by atoms with Gasteiger partial charge in [0, 0.05) is 24.2 Å². The zero-order chi connectivity index (χ0) is 19.9. The molecule has 1 atom stereocenters. The lowest BCUT2D eigenvalue weighted by atomic mass is 10.1. The lowest BCUT2D eigenvalue weighted by Crippen LogP contribution is -2.40. The molecule has 0 aliphatic heterocycles. The number of ether oxygens (including phenoxy) is 1. The van der Waals surface area contributed by atoms with E-state index in [0.717, 1.165) is 44.9 Å². The molecule has 0 spiro atoms. The molecule has 0 saturated heterocycles. The van der Waals surface area contributed by atoms with Crippen molar-refractivity contribution in [2.24, 2.45) is 5.73 Å². The lowest BCUT2D eigenvalue weighted by Gasteiger charge is -2.18. The molecule has 4 N–H and O–H groups in total. The van der Waals surface area contributed by atoms with E-state index in [4.69, 9.17) is 10.5 Å². The van der Waals surface area contributed by atoms with E-state index in [0.29, 0.717) is 6.54 Å². The van der Waals surface area contributed by atoms with Crippen molar-refractivity contribution in [3.63, 3.8) is 0 Å². The summed E-state index contributed by atoms with van der Waals surface area (Å²) >= 11 is 0. The number of methoxy groups -OCH3 is 1. The van der Waals surface area contributed by atoms with Gasteiger partial charge in [0.1, 0.15) is 10.6 Å². The van der Waals surface area contributed by atoms with E-state index < -0.39 is 10.0 Å². The molecular formula is C19H32ClN3O4S. The van der Waals surface area contributed by atoms with Crippen molar-refractivity contribution in [3.8, 4) is 5.75 Å². The van der Waals surface area contributed by atoms with Crippen LogP contribution in [-0.2, 0) is 10.0 Å². The summed E-state index contributed by atoms with van der Waals surface area (Å²) < 4.78 is 33.6. The number of carbonyl (C=O) groups is 1. The fourth-order valence-corrected chi connectivity index (χ4v) is 4.82. The molecule has 1 aromatic rings. The summed E-state index contributed by atoms with van der Waals surface area (Å²) in [7, 11) is -2.35. The summed E-state index contributed by atoms with van der Waals surface area (Å²) in [6.45, 7) is 2.42. The molecule has 1 aliphatic carbocycles. The smallest absolute Gasteiger partial charge is 0.251 e. The number of benzene rings is 1. The molecule has 1 amide bonds. The Bertz CT molecular complexity index is 737. The molecule has 0 radical (unpaired) electrons. The zero-order valence-corrected chi connectivity index (χ0v) is 18.2. The average Bonchev–Trinajstić information content (AvgIpc) is 3.16. The third-order valence-corrected chi connectivity index (χ3v) is 6.46. The van der Waals surface area contributed by atoms with E-state index in [1.54, 1.807) is 6.07 Å². The van der Waals surface area contributed by atoms with Crippen molar-refractivity contribution < 1.29 is 17.9 Å². The molecular weight excluding hydrogens is 402 g/mol. The monoisotopic (exact) mass is 433 g/mol. The zero-order valence-electron chi connectivity index (χ0n) is 16.6. The van der Waals surface area contributed by atoms with Gasteiger partial charge in [0.2, 0.25) is 10.0 Å². The van der Waals surface area contributed by atoms with E-state index in [9.17, 15) is 13.2 Å². The van der Waals surface area contributed by atoms with E-state index in [2.05, 4.69) is 17.0 Å². The summed E-state index contributed by atoms with van der Waals surface area (Å²) in [6.07, 6.45) is 6.48. The fraction of sp³-hybridized carbons (Fsp3) is 0.632. The number of carbonyl (C=O) groups excluding carboxylic acids is 1. The summed E-state index contributed by atoms with van der Waals surface area (Å²) in [6, 6.07) is 4.26. The van der Waals surface area contributed by atoms with Crippen LogP contribution in [0.1, 0.15) is 62.2 Å². The van der Waals surface area contributed by atoms with Crippen molar-refractivity contribution in [2.75, 3.05) is 13.7 Å². The molecule has 1 unspecified atom stereocenters. The van der Waals surface area contributed by atoms with Crippen molar-refractivity contribution in [2.45, 2.75) is 68.8 Å². The minimum Gasteiger partial charge on any atom is -0.495 e. The number of halogens is 1. The highest BCUT2D eigenvalue weighted by molar-refractivity contribution is 7.89. The number of unbranched alkanes of at least 4 members (excludes halogenated alkanes) is 1. The summed E-state index contributed by atoms with van der Waals surface area (Å²) in [5.74, 6) is -0.111. The Labute approximate surface area is 174 Å². The first kappa shape index (κ1) is 24.7. The molecule has 1 fully saturated rings. The van der Waals surface area contributed by atoms with Crippen molar-refractivity contribution in [1.29, 1.82) is 0 Å².